The van der Waals surface area contributed by atoms with Gasteiger partial charge in [0.15, 0.2) is 4.96 Å². The molecule has 22 heavy (non-hydrogen) atoms. The average molecular weight is 363 g/mol. The van der Waals surface area contributed by atoms with Gasteiger partial charge in [0.05, 0.1) is 11.4 Å². The summed E-state index contributed by atoms with van der Waals surface area (Å²) in [5.41, 5.74) is 0.632. The summed E-state index contributed by atoms with van der Waals surface area (Å²) in [6.07, 6.45) is 1.71. The SMILES string of the molecule is CNC(C)CNC(=O)CSCc1cc(=O)n2ccsc2n1.Cl. The molecule has 1 atom stereocenters. The van der Waals surface area contributed by atoms with E-state index in [9.17, 15) is 9.59 Å². The van der Waals surface area contributed by atoms with E-state index in [4.69, 9.17) is 0 Å². The number of carbonyl (C=O) groups is 1. The maximum absolute atomic E-state index is 11.8. The van der Waals surface area contributed by atoms with Crippen molar-refractivity contribution in [2.75, 3.05) is 19.3 Å². The molecule has 0 aliphatic carbocycles. The van der Waals surface area contributed by atoms with E-state index in [1.54, 1.807) is 6.20 Å². The lowest BCUT2D eigenvalue weighted by atomic mass is 10.3. The Balaban J connectivity index is 0.00000242. The second-order valence-electron chi connectivity index (χ2n) is 4.63. The number of thiazole rings is 1. The Hall–Kier alpha value is -1.09. The Morgan fingerprint density at radius 2 is 2.32 bits per heavy atom. The van der Waals surface area contributed by atoms with Gasteiger partial charge in [-0.1, -0.05) is 0 Å². The van der Waals surface area contributed by atoms with Gasteiger partial charge in [-0.25, -0.2) is 4.98 Å². The van der Waals surface area contributed by atoms with E-state index in [1.165, 1.54) is 33.6 Å². The van der Waals surface area contributed by atoms with Crippen molar-refractivity contribution in [3.05, 3.63) is 33.7 Å². The number of rotatable bonds is 7. The third-order valence-corrected chi connectivity index (χ3v) is 4.66. The van der Waals surface area contributed by atoms with Crippen LogP contribution in [0, 0.1) is 0 Å². The molecule has 2 aromatic rings. The van der Waals surface area contributed by atoms with Crippen molar-refractivity contribution in [3.63, 3.8) is 0 Å². The van der Waals surface area contributed by atoms with Gasteiger partial charge >= 0.3 is 0 Å². The predicted molar refractivity (Wildman–Crippen MR) is 94.3 cm³/mol. The number of hydrogen-bond donors (Lipinski definition) is 2. The van der Waals surface area contributed by atoms with Crippen LogP contribution in [-0.4, -0.2) is 40.7 Å². The smallest absolute Gasteiger partial charge is 0.258 e. The van der Waals surface area contributed by atoms with Crippen LogP contribution in [0.4, 0.5) is 0 Å². The van der Waals surface area contributed by atoms with E-state index in [1.807, 2.05) is 19.4 Å². The lowest BCUT2D eigenvalue weighted by Gasteiger charge is -2.11. The van der Waals surface area contributed by atoms with E-state index in [-0.39, 0.29) is 29.9 Å². The molecule has 0 fully saturated rings. The Kier molecular flexibility index (Phi) is 7.88. The van der Waals surface area contributed by atoms with Crippen LogP contribution in [0.15, 0.2) is 22.4 Å². The van der Waals surface area contributed by atoms with Gasteiger partial charge < -0.3 is 10.6 Å². The Morgan fingerprint density at radius 3 is 3.05 bits per heavy atom. The predicted octanol–water partition coefficient (Wildman–Crippen LogP) is 1.14. The molecular weight excluding hydrogens is 344 g/mol. The molecule has 2 heterocycles. The van der Waals surface area contributed by atoms with Crippen molar-refractivity contribution in [2.24, 2.45) is 0 Å². The first-order chi connectivity index (χ1) is 10.1. The second kappa shape index (κ2) is 9.14. The van der Waals surface area contributed by atoms with Gasteiger partial charge in [0.1, 0.15) is 0 Å². The van der Waals surface area contributed by atoms with Crippen molar-refractivity contribution < 1.29 is 4.79 Å². The number of amides is 1. The topological polar surface area (TPSA) is 75.5 Å². The number of aromatic nitrogens is 2. The zero-order chi connectivity index (χ0) is 15.2. The fourth-order valence-electron chi connectivity index (χ4n) is 1.63. The van der Waals surface area contributed by atoms with Crippen LogP contribution in [-0.2, 0) is 10.5 Å². The maximum Gasteiger partial charge on any atom is 0.258 e. The summed E-state index contributed by atoms with van der Waals surface area (Å²) in [6, 6.07) is 1.77. The number of thioether (sulfide) groups is 1. The Bertz CT molecular complexity index is 673. The number of nitrogens with zero attached hydrogens (tertiary/aromatic N) is 2. The standard InChI is InChI=1S/C13H18N4O2S2.ClH/c1-9(14-2)6-15-11(18)8-20-7-10-5-12(19)17-3-4-21-13(17)16-10;/h3-5,9,14H,6-8H2,1-2H3,(H,15,18);1H. The highest BCUT2D eigenvalue weighted by Gasteiger charge is 2.06. The first kappa shape index (κ1) is 19.0. The van der Waals surface area contributed by atoms with E-state index in [2.05, 4.69) is 15.6 Å². The zero-order valence-electron chi connectivity index (χ0n) is 12.4. The molecule has 2 N–H and O–H groups in total. The minimum Gasteiger partial charge on any atom is -0.354 e. The van der Waals surface area contributed by atoms with Gasteiger partial charge in [0, 0.05) is 36.0 Å². The minimum atomic E-state index is -0.0795. The van der Waals surface area contributed by atoms with Gasteiger partial charge in [-0.2, -0.15) is 0 Å². The second-order valence-corrected chi connectivity index (χ2v) is 6.49. The molecule has 6 nitrogen and oxygen atoms in total. The number of nitrogens with one attached hydrogen (secondary N) is 2. The molecule has 0 aliphatic rings. The van der Waals surface area contributed by atoms with Crippen LogP contribution in [0.25, 0.3) is 4.96 Å². The molecule has 2 aromatic heterocycles. The molecule has 122 valence electrons. The van der Waals surface area contributed by atoms with Gasteiger partial charge in [-0.3, -0.25) is 14.0 Å². The number of fused-ring (bicyclic) bond motifs is 1. The molecule has 1 unspecified atom stereocenters. The van der Waals surface area contributed by atoms with Crippen LogP contribution >= 0.6 is 35.5 Å². The van der Waals surface area contributed by atoms with Gasteiger partial charge in [0.2, 0.25) is 5.91 Å². The Morgan fingerprint density at radius 1 is 1.55 bits per heavy atom. The van der Waals surface area contributed by atoms with E-state index >= 15 is 0 Å². The molecule has 0 saturated carbocycles. The first-order valence-corrected chi connectivity index (χ1v) is 8.61. The van der Waals surface area contributed by atoms with Gasteiger partial charge in [-0.15, -0.1) is 35.5 Å². The molecule has 0 radical (unpaired) electrons. The van der Waals surface area contributed by atoms with Gasteiger partial charge in [0.25, 0.3) is 5.56 Å². The number of hydrogen-bond acceptors (Lipinski definition) is 6. The molecular formula is C13H19ClN4O2S2. The summed E-state index contributed by atoms with van der Waals surface area (Å²) < 4.78 is 1.52. The highest BCUT2D eigenvalue weighted by Crippen LogP contribution is 2.12. The normalized spacial score (nSPS) is 11.9. The molecule has 0 aromatic carbocycles. The molecule has 0 aliphatic heterocycles. The summed E-state index contributed by atoms with van der Waals surface area (Å²) in [5, 5.41) is 7.74. The fourth-order valence-corrected chi connectivity index (χ4v) is 3.12. The van der Waals surface area contributed by atoms with Crippen LogP contribution in [0.3, 0.4) is 0 Å². The monoisotopic (exact) mass is 362 g/mol. The molecule has 0 bridgehead atoms. The lowest BCUT2D eigenvalue weighted by molar-refractivity contribution is -0.118. The Labute approximate surface area is 143 Å². The third kappa shape index (κ3) is 5.28. The molecule has 0 saturated heterocycles. The minimum absolute atomic E-state index is 0. The molecule has 0 spiro atoms. The largest absolute Gasteiger partial charge is 0.354 e. The fraction of sp³-hybridized carbons (Fsp3) is 0.462. The average Bonchev–Trinajstić information content (AvgIpc) is 2.93. The van der Waals surface area contributed by atoms with Crippen molar-refractivity contribution in [1.29, 1.82) is 0 Å². The van der Waals surface area contributed by atoms with Crippen LogP contribution in [0.2, 0.25) is 0 Å². The van der Waals surface area contributed by atoms with Crippen LogP contribution in [0.1, 0.15) is 12.6 Å². The first-order valence-electron chi connectivity index (χ1n) is 6.57. The number of halogens is 1. The molecule has 9 heteroatoms. The summed E-state index contributed by atoms with van der Waals surface area (Å²) in [6.45, 7) is 2.61. The maximum atomic E-state index is 11.8. The van der Waals surface area contributed by atoms with E-state index in [0.29, 0.717) is 28.7 Å². The molecule has 2 rings (SSSR count). The summed E-state index contributed by atoms with van der Waals surface area (Å²) >= 11 is 2.88. The van der Waals surface area contributed by atoms with Crippen LogP contribution in [0.5, 0.6) is 0 Å². The quantitative estimate of drug-likeness (QED) is 0.772. The summed E-state index contributed by atoms with van der Waals surface area (Å²) in [7, 11) is 1.86. The summed E-state index contributed by atoms with van der Waals surface area (Å²) in [5.74, 6) is 0.914. The van der Waals surface area contributed by atoms with Crippen molar-refractivity contribution >= 4 is 46.4 Å². The number of carbonyl (C=O) groups excluding carboxylic acids is 1. The van der Waals surface area contributed by atoms with Crippen molar-refractivity contribution in [2.45, 2.75) is 18.7 Å². The molecule has 1 amide bonds. The zero-order valence-corrected chi connectivity index (χ0v) is 14.8. The van der Waals surface area contributed by atoms with E-state index in [0.717, 1.165) is 0 Å². The summed E-state index contributed by atoms with van der Waals surface area (Å²) in [4.78, 5) is 28.5. The highest BCUT2D eigenvalue weighted by molar-refractivity contribution is 7.99. The van der Waals surface area contributed by atoms with Crippen LogP contribution < -0.4 is 16.2 Å². The third-order valence-electron chi connectivity index (χ3n) is 2.94. The van der Waals surface area contributed by atoms with E-state index < -0.39 is 0 Å². The lowest BCUT2D eigenvalue weighted by Crippen LogP contribution is -2.37. The van der Waals surface area contributed by atoms with Gasteiger partial charge in [-0.05, 0) is 14.0 Å². The van der Waals surface area contributed by atoms with Crippen molar-refractivity contribution in [3.8, 4) is 0 Å². The highest BCUT2D eigenvalue weighted by atomic mass is 35.5. The number of likely N-dealkylation sites (N-methyl/N-ethyl adjacent to an activating group) is 1. The van der Waals surface area contributed by atoms with Crippen molar-refractivity contribution in [1.82, 2.24) is 20.0 Å².